The van der Waals surface area contributed by atoms with Crippen LogP contribution in [0.15, 0.2) is 18.2 Å². The largest absolute Gasteiger partial charge is 0.271 e. The average Bonchev–Trinajstić information content (AvgIpc) is 2.83. The SMILES string of the molecule is CCC(C)(C)C(Cc1ccc2c(c1)CCC2)NN. The minimum atomic E-state index is 0.230. The lowest BCUT2D eigenvalue weighted by molar-refractivity contribution is 0.231. The zero-order valence-electron chi connectivity index (χ0n) is 11.9. The fraction of sp³-hybridized carbons (Fsp3) is 0.625. The van der Waals surface area contributed by atoms with Crippen LogP contribution in [0.2, 0.25) is 0 Å². The molecular weight excluding hydrogens is 220 g/mol. The van der Waals surface area contributed by atoms with Gasteiger partial charge in [-0.05, 0) is 54.2 Å². The number of aryl methyl sites for hydroxylation is 2. The lowest BCUT2D eigenvalue weighted by atomic mass is 9.79. The van der Waals surface area contributed by atoms with Gasteiger partial charge < -0.3 is 0 Å². The molecule has 0 saturated heterocycles. The van der Waals surface area contributed by atoms with Gasteiger partial charge in [0.05, 0.1) is 0 Å². The molecule has 0 amide bonds. The van der Waals surface area contributed by atoms with Crippen molar-refractivity contribution in [3.05, 3.63) is 34.9 Å². The number of hydrogen-bond acceptors (Lipinski definition) is 2. The van der Waals surface area contributed by atoms with Gasteiger partial charge in [-0.3, -0.25) is 11.3 Å². The van der Waals surface area contributed by atoms with Gasteiger partial charge in [0.25, 0.3) is 0 Å². The molecule has 1 atom stereocenters. The van der Waals surface area contributed by atoms with Crippen LogP contribution in [0.1, 0.15) is 50.3 Å². The van der Waals surface area contributed by atoms with Crippen LogP contribution < -0.4 is 11.3 Å². The van der Waals surface area contributed by atoms with Gasteiger partial charge in [0.1, 0.15) is 0 Å². The summed E-state index contributed by atoms with van der Waals surface area (Å²) < 4.78 is 0. The molecule has 1 aliphatic rings. The first kappa shape index (κ1) is 13.6. The fourth-order valence-corrected chi connectivity index (χ4v) is 2.80. The molecule has 2 rings (SSSR count). The Balaban J connectivity index is 2.13. The minimum Gasteiger partial charge on any atom is -0.271 e. The number of hydrazine groups is 1. The normalized spacial score (nSPS) is 16.7. The van der Waals surface area contributed by atoms with E-state index in [4.69, 9.17) is 5.84 Å². The van der Waals surface area contributed by atoms with E-state index in [1.165, 1.54) is 24.8 Å². The predicted octanol–water partition coefficient (Wildman–Crippen LogP) is 2.99. The molecule has 2 heteroatoms. The molecule has 1 aromatic carbocycles. The lowest BCUT2D eigenvalue weighted by Gasteiger charge is -2.33. The highest BCUT2D eigenvalue weighted by Crippen LogP contribution is 2.28. The second-order valence-electron chi connectivity index (χ2n) is 6.22. The van der Waals surface area contributed by atoms with Crippen LogP contribution in [0, 0.1) is 5.41 Å². The van der Waals surface area contributed by atoms with Crippen molar-refractivity contribution in [3.63, 3.8) is 0 Å². The Kier molecular flexibility index (Phi) is 4.08. The number of nitrogens with one attached hydrogen (secondary N) is 1. The maximum Gasteiger partial charge on any atom is 0.0301 e. The third-order valence-corrected chi connectivity index (χ3v) is 4.66. The summed E-state index contributed by atoms with van der Waals surface area (Å²) in [6.07, 6.45) is 5.98. The Hall–Kier alpha value is -0.860. The lowest BCUT2D eigenvalue weighted by Crippen LogP contribution is -2.46. The molecule has 0 radical (unpaired) electrons. The van der Waals surface area contributed by atoms with Crippen molar-refractivity contribution < 1.29 is 0 Å². The zero-order valence-corrected chi connectivity index (χ0v) is 11.9. The summed E-state index contributed by atoms with van der Waals surface area (Å²) in [6.45, 7) is 6.79. The second-order valence-corrected chi connectivity index (χ2v) is 6.22. The Labute approximate surface area is 111 Å². The second kappa shape index (κ2) is 5.41. The van der Waals surface area contributed by atoms with E-state index in [1.807, 2.05) is 0 Å². The monoisotopic (exact) mass is 246 g/mol. The third-order valence-electron chi connectivity index (χ3n) is 4.66. The van der Waals surface area contributed by atoms with Crippen LogP contribution in [0.25, 0.3) is 0 Å². The predicted molar refractivity (Wildman–Crippen MR) is 77.4 cm³/mol. The number of benzene rings is 1. The van der Waals surface area contributed by atoms with Gasteiger partial charge >= 0.3 is 0 Å². The zero-order chi connectivity index (χ0) is 13.2. The van der Waals surface area contributed by atoms with E-state index in [0.717, 1.165) is 12.8 Å². The van der Waals surface area contributed by atoms with Crippen molar-refractivity contribution >= 4 is 0 Å². The molecule has 1 aliphatic carbocycles. The van der Waals surface area contributed by atoms with Crippen molar-refractivity contribution in [2.75, 3.05) is 0 Å². The summed E-state index contributed by atoms with van der Waals surface area (Å²) in [5.74, 6) is 5.75. The van der Waals surface area contributed by atoms with Gasteiger partial charge in [-0.2, -0.15) is 0 Å². The maximum atomic E-state index is 5.75. The number of nitrogens with two attached hydrogens (primary N) is 1. The van der Waals surface area contributed by atoms with E-state index < -0.39 is 0 Å². The van der Waals surface area contributed by atoms with Crippen LogP contribution >= 0.6 is 0 Å². The summed E-state index contributed by atoms with van der Waals surface area (Å²) >= 11 is 0. The minimum absolute atomic E-state index is 0.230. The fourth-order valence-electron chi connectivity index (χ4n) is 2.80. The molecule has 0 spiro atoms. The molecular formula is C16H26N2. The van der Waals surface area contributed by atoms with Crippen LogP contribution in [-0.4, -0.2) is 6.04 Å². The van der Waals surface area contributed by atoms with Crippen LogP contribution in [0.3, 0.4) is 0 Å². The Bertz CT molecular complexity index is 410. The summed E-state index contributed by atoms with van der Waals surface area (Å²) in [7, 11) is 0. The quantitative estimate of drug-likeness (QED) is 0.619. The molecule has 0 fully saturated rings. The maximum absolute atomic E-state index is 5.75. The van der Waals surface area contributed by atoms with Crippen LogP contribution in [0.5, 0.6) is 0 Å². The van der Waals surface area contributed by atoms with Crippen molar-refractivity contribution in [1.82, 2.24) is 5.43 Å². The summed E-state index contributed by atoms with van der Waals surface area (Å²) in [4.78, 5) is 0. The van der Waals surface area contributed by atoms with Crippen LogP contribution in [-0.2, 0) is 19.3 Å². The standard InChI is InChI=1S/C16H26N2/c1-4-16(2,3)15(18-17)11-12-8-9-13-6-5-7-14(13)10-12/h8-10,15,18H,4-7,11,17H2,1-3H3. The smallest absolute Gasteiger partial charge is 0.0301 e. The van der Waals surface area contributed by atoms with Gasteiger partial charge in [0, 0.05) is 6.04 Å². The molecule has 2 nitrogen and oxygen atoms in total. The van der Waals surface area contributed by atoms with Crippen molar-refractivity contribution in [2.45, 2.75) is 58.9 Å². The molecule has 0 aromatic heterocycles. The topological polar surface area (TPSA) is 38.0 Å². The van der Waals surface area contributed by atoms with E-state index in [1.54, 1.807) is 11.1 Å². The molecule has 1 unspecified atom stereocenters. The highest BCUT2D eigenvalue weighted by atomic mass is 15.2. The number of hydrogen-bond donors (Lipinski definition) is 2. The molecule has 0 bridgehead atoms. The first-order chi connectivity index (χ1) is 8.56. The molecule has 100 valence electrons. The highest BCUT2D eigenvalue weighted by molar-refractivity contribution is 5.35. The van der Waals surface area contributed by atoms with E-state index in [0.29, 0.717) is 6.04 Å². The average molecular weight is 246 g/mol. The van der Waals surface area contributed by atoms with Gasteiger partial charge in [-0.25, -0.2) is 0 Å². The molecule has 18 heavy (non-hydrogen) atoms. The first-order valence-corrected chi connectivity index (χ1v) is 7.13. The summed E-state index contributed by atoms with van der Waals surface area (Å²) in [5.41, 5.74) is 7.76. The summed E-state index contributed by atoms with van der Waals surface area (Å²) in [5, 5.41) is 0. The Morgan fingerprint density at radius 1 is 1.28 bits per heavy atom. The highest BCUT2D eigenvalue weighted by Gasteiger charge is 2.27. The third kappa shape index (κ3) is 2.76. The number of rotatable bonds is 5. The van der Waals surface area contributed by atoms with Gasteiger partial charge in [-0.15, -0.1) is 0 Å². The van der Waals surface area contributed by atoms with E-state index in [-0.39, 0.29) is 5.41 Å². The molecule has 3 N–H and O–H groups in total. The van der Waals surface area contributed by atoms with Crippen LogP contribution in [0.4, 0.5) is 0 Å². The van der Waals surface area contributed by atoms with Gasteiger partial charge in [0.15, 0.2) is 0 Å². The number of fused-ring (bicyclic) bond motifs is 1. The summed E-state index contributed by atoms with van der Waals surface area (Å²) in [6, 6.07) is 7.31. The van der Waals surface area contributed by atoms with Crippen molar-refractivity contribution in [2.24, 2.45) is 11.3 Å². The first-order valence-electron chi connectivity index (χ1n) is 7.13. The Morgan fingerprint density at radius 3 is 2.67 bits per heavy atom. The molecule has 0 aliphatic heterocycles. The Morgan fingerprint density at radius 2 is 2.00 bits per heavy atom. The van der Waals surface area contributed by atoms with Gasteiger partial charge in [0.2, 0.25) is 0 Å². The van der Waals surface area contributed by atoms with Crippen molar-refractivity contribution in [3.8, 4) is 0 Å². The molecule has 0 saturated carbocycles. The van der Waals surface area contributed by atoms with Gasteiger partial charge in [-0.1, -0.05) is 39.0 Å². The van der Waals surface area contributed by atoms with Crippen molar-refractivity contribution in [1.29, 1.82) is 0 Å². The van der Waals surface area contributed by atoms with E-state index in [2.05, 4.69) is 44.4 Å². The van der Waals surface area contributed by atoms with E-state index in [9.17, 15) is 0 Å². The molecule has 1 aromatic rings. The molecule has 0 heterocycles. The van der Waals surface area contributed by atoms with E-state index >= 15 is 0 Å².